The number of benzene rings is 3. The van der Waals surface area contributed by atoms with E-state index in [2.05, 4.69) is 52.2 Å². The van der Waals surface area contributed by atoms with Gasteiger partial charge in [-0.25, -0.2) is 14.9 Å². The lowest BCUT2D eigenvalue weighted by molar-refractivity contribution is 0.00991. The summed E-state index contributed by atoms with van der Waals surface area (Å²) in [7, 11) is 0. The van der Waals surface area contributed by atoms with Crippen molar-refractivity contribution in [3.05, 3.63) is 96.6 Å². The number of anilines is 2. The van der Waals surface area contributed by atoms with Gasteiger partial charge in [0.25, 0.3) is 0 Å². The maximum atomic E-state index is 13.1. The molecule has 162 valence electrons. The molecule has 2 saturated heterocycles. The highest BCUT2D eigenvalue weighted by Crippen LogP contribution is 2.52. The van der Waals surface area contributed by atoms with Crippen LogP contribution in [-0.4, -0.2) is 17.8 Å². The molecule has 0 bridgehead atoms. The van der Waals surface area contributed by atoms with Crippen molar-refractivity contribution >= 4 is 17.4 Å². The minimum absolute atomic E-state index is 0.00214. The van der Waals surface area contributed by atoms with Gasteiger partial charge in [-0.15, -0.1) is 0 Å². The number of hydrazine groups is 1. The molecule has 1 saturated carbocycles. The molecule has 0 aromatic heterocycles. The molecule has 1 spiro atoms. The molecule has 2 N–H and O–H groups in total. The van der Waals surface area contributed by atoms with Gasteiger partial charge in [-0.1, -0.05) is 66.7 Å². The van der Waals surface area contributed by atoms with Crippen LogP contribution in [0.5, 0.6) is 0 Å². The minimum Gasteiger partial charge on any atom is -0.316 e. The molecule has 3 fully saturated rings. The van der Waals surface area contributed by atoms with Gasteiger partial charge in [-0.05, 0) is 49.1 Å². The first-order valence-corrected chi connectivity index (χ1v) is 11.3. The van der Waals surface area contributed by atoms with Crippen LogP contribution in [0.2, 0.25) is 0 Å². The monoisotopic (exact) mass is 426 g/mol. The van der Waals surface area contributed by atoms with Gasteiger partial charge in [-0.3, -0.25) is 4.84 Å². The summed E-state index contributed by atoms with van der Waals surface area (Å²) < 4.78 is 0. The van der Waals surface area contributed by atoms with E-state index < -0.39 is 5.66 Å². The summed E-state index contributed by atoms with van der Waals surface area (Å²) in [6, 6.07) is 30.3. The number of hydrogen-bond acceptors (Lipinski definition) is 4. The van der Waals surface area contributed by atoms with Gasteiger partial charge in [0, 0.05) is 0 Å². The van der Waals surface area contributed by atoms with E-state index >= 15 is 0 Å². The molecule has 3 aromatic carbocycles. The van der Waals surface area contributed by atoms with Crippen molar-refractivity contribution in [3.8, 4) is 0 Å². The number of urea groups is 1. The second-order valence-electron chi connectivity index (χ2n) is 8.76. The normalized spacial score (nSPS) is 29.2. The molecule has 2 aliphatic heterocycles. The summed E-state index contributed by atoms with van der Waals surface area (Å²) in [6.07, 6.45) is 2.78. The first-order chi connectivity index (χ1) is 15.8. The molecule has 1 aliphatic carbocycles. The SMILES string of the molecule is O=C1N[C@@]2(CCC[C@@H]3ON(c4ccccc4)[C@@H](c4ccccc4)[C@@H]32)NN1c1ccccc1. The quantitative estimate of drug-likeness (QED) is 0.633. The van der Waals surface area contributed by atoms with Crippen molar-refractivity contribution in [3.63, 3.8) is 0 Å². The Kier molecular flexibility index (Phi) is 4.63. The van der Waals surface area contributed by atoms with Crippen LogP contribution < -0.4 is 20.8 Å². The molecule has 6 rings (SSSR count). The van der Waals surface area contributed by atoms with Gasteiger partial charge < -0.3 is 5.32 Å². The van der Waals surface area contributed by atoms with E-state index in [0.717, 1.165) is 30.6 Å². The predicted molar refractivity (Wildman–Crippen MR) is 124 cm³/mol. The Morgan fingerprint density at radius 2 is 1.47 bits per heavy atom. The zero-order chi connectivity index (χ0) is 21.5. The number of hydroxylamine groups is 1. The van der Waals surface area contributed by atoms with E-state index in [0.29, 0.717) is 0 Å². The predicted octanol–water partition coefficient (Wildman–Crippen LogP) is 4.78. The molecule has 6 nitrogen and oxygen atoms in total. The van der Waals surface area contributed by atoms with E-state index in [1.807, 2.05) is 54.6 Å². The van der Waals surface area contributed by atoms with Crippen molar-refractivity contribution < 1.29 is 9.63 Å². The number of nitrogens with zero attached hydrogens (tertiary/aromatic N) is 2. The van der Waals surface area contributed by atoms with Crippen LogP contribution in [0.25, 0.3) is 0 Å². The van der Waals surface area contributed by atoms with Gasteiger partial charge in [-0.2, -0.15) is 5.43 Å². The van der Waals surface area contributed by atoms with Crippen molar-refractivity contribution in [1.29, 1.82) is 0 Å². The number of para-hydroxylation sites is 2. The van der Waals surface area contributed by atoms with Gasteiger partial charge in [0.05, 0.1) is 29.4 Å². The number of carbonyl (C=O) groups is 1. The Bertz CT molecular complexity index is 1090. The fraction of sp³-hybridized carbons (Fsp3) is 0.269. The van der Waals surface area contributed by atoms with Crippen LogP contribution >= 0.6 is 0 Å². The lowest BCUT2D eigenvalue weighted by Crippen LogP contribution is -2.62. The summed E-state index contributed by atoms with van der Waals surface area (Å²) in [6.45, 7) is 0. The van der Waals surface area contributed by atoms with Crippen LogP contribution in [0.15, 0.2) is 91.0 Å². The van der Waals surface area contributed by atoms with Gasteiger partial charge in [0.15, 0.2) is 0 Å². The fourth-order valence-corrected chi connectivity index (χ4v) is 5.54. The highest BCUT2D eigenvalue weighted by atomic mass is 16.7. The molecule has 6 heteroatoms. The second kappa shape index (κ2) is 7.65. The van der Waals surface area contributed by atoms with Gasteiger partial charge >= 0.3 is 6.03 Å². The van der Waals surface area contributed by atoms with Crippen LogP contribution in [-0.2, 0) is 4.84 Å². The van der Waals surface area contributed by atoms with Crippen LogP contribution in [0.4, 0.5) is 16.2 Å². The summed E-state index contributed by atoms with van der Waals surface area (Å²) in [5.41, 5.74) is 6.03. The Morgan fingerprint density at radius 1 is 0.844 bits per heavy atom. The molecule has 0 unspecified atom stereocenters. The van der Waals surface area contributed by atoms with Crippen molar-refractivity contribution in [2.24, 2.45) is 5.92 Å². The van der Waals surface area contributed by atoms with Crippen LogP contribution in [0.3, 0.4) is 0 Å². The molecular formula is C26H26N4O2. The second-order valence-corrected chi connectivity index (χ2v) is 8.76. The minimum atomic E-state index is -0.583. The number of rotatable bonds is 3. The van der Waals surface area contributed by atoms with Gasteiger partial charge in [0.2, 0.25) is 0 Å². The Morgan fingerprint density at radius 3 is 2.16 bits per heavy atom. The van der Waals surface area contributed by atoms with E-state index in [1.54, 1.807) is 5.01 Å². The van der Waals surface area contributed by atoms with Crippen molar-refractivity contribution in [2.75, 3.05) is 10.1 Å². The van der Waals surface area contributed by atoms with Crippen molar-refractivity contribution in [1.82, 2.24) is 10.7 Å². The fourth-order valence-electron chi connectivity index (χ4n) is 5.54. The number of nitrogens with one attached hydrogen (secondary N) is 2. The molecule has 4 atom stereocenters. The maximum Gasteiger partial charge on any atom is 0.338 e. The summed E-state index contributed by atoms with van der Waals surface area (Å²) in [5.74, 6) is 0.0384. The number of fused-ring (bicyclic) bond motifs is 2. The van der Waals surface area contributed by atoms with E-state index in [4.69, 9.17) is 4.84 Å². The summed E-state index contributed by atoms with van der Waals surface area (Å²) in [5, 5.41) is 7.03. The summed E-state index contributed by atoms with van der Waals surface area (Å²) in [4.78, 5) is 19.7. The lowest BCUT2D eigenvalue weighted by Gasteiger charge is -2.43. The van der Waals surface area contributed by atoms with Crippen LogP contribution in [0.1, 0.15) is 30.9 Å². The molecule has 32 heavy (non-hydrogen) atoms. The number of amides is 2. The Balaban J connectivity index is 1.43. The zero-order valence-corrected chi connectivity index (χ0v) is 17.7. The molecule has 3 aromatic rings. The van der Waals surface area contributed by atoms with E-state index in [1.165, 1.54) is 5.56 Å². The third-order valence-corrected chi connectivity index (χ3v) is 6.88. The maximum absolute atomic E-state index is 13.1. The first-order valence-electron chi connectivity index (χ1n) is 11.3. The topological polar surface area (TPSA) is 56.8 Å². The average Bonchev–Trinajstić information content (AvgIpc) is 3.40. The molecular weight excluding hydrogens is 400 g/mol. The first kappa shape index (κ1) is 19.3. The third kappa shape index (κ3) is 3.06. The van der Waals surface area contributed by atoms with Crippen LogP contribution in [0, 0.1) is 5.92 Å². The third-order valence-electron chi connectivity index (χ3n) is 6.88. The molecule has 2 heterocycles. The largest absolute Gasteiger partial charge is 0.338 e. The highest BCUT2D eigenvalue weighted by Gasteiger charge is 2.61. The average molecular weight is 427 g/mol. The Hall–Kier alpha value is -3.35. The van der Waals surface area contributed by atoms with E-state index in [9.17, 15) is 4.79 Å². The van der Waals surface area contributed by atoms with Gasteiger partial charge in [0.1, 0.15) is 5.66 Å². The molecule has 0 radical (unpaired) electrons. The lowest BCUT2D eigenvalue weighted by atomic mass is 9.72. The standard InChI is InChI=1S/C26H26N4O2/c31-25-27-26(28-29(25)20-13-6-2-7-14-20)18-10-17-22-23(26)24(19-11-4-1-5-12-19)30(32-22)21-15-8-3-9-16-21/h1-9,11-16,22-24,28H,10,17-18H2,(H,27,31)/t22-,23+,24-,26-/m0/s1. The zero-order valence-electron chi connectivity index (χ0n) is 17.7. The molecule has 2 amide bonds. The van der Waals surface area contributed by atoms with E-state index in [-0.39, 0.29) is 24.1 Å². The smallest absolute Gasteiger partial charge is 0.316 e. The summed E-state index contributed by atoms with van der Waals surface area (Å²) >= 11 is 0. The molecule has 3 aliphatic rings. The van der Waals surface area contributed by atoms with Crippen molar-refractivity contribution in [2.45, 2.75) is 37.1 Å². The highest BCUT2D eigenvalue weighted by molar-refractivity contribution is 5.94. The number of carbonyl (C=O) groups excluding carboxylic acids is 1. The Labute approximate surface area is 187 Å². The number of hydrogen-bond donors (Lipinski definition) is 2.